The summed E-state index contributed by atoms with van der Waals surface area (Å²) in [5.41, 5.74) is -0.510. The number of rotatable bonds is 5. The number of halogens is 2. The first kappa shape index (κ1) is 17.0. The number of hydrogen-bond acceptors (Lipinski definition) is 5. The van der Waals surface area contributed by atoms with Crippen LogP contribution in [0.4, 0.5) is 8.78 Å². The fraction of sp³-hybridized carbons (Fsp3) is 0.222. The van der Waals surface area contributed by atoms with Gasteiger partial charge >= 0.3 is 5.97 Å². The molecule has 0 spiro atoms. The number of aromatic nitrogens is 1. The zero-order valence-electron chi connectivity index (χ0n) is 13.7. The Balaban J connectivity index is 1.93. The maximum absolute atomic E-state index is 14.2. The van der Waals surface area contributed by atoms with Crippen LogP contribution in [0.3, 0.4) is 0 Å². The predicted octanol–water partition coefficient (Wildman–Crippen LogP) is 3.28. The average molecular weight is 346 g/mol. The van der Waals surface area contributed by atoms with Crippen molar-refractivity contribution >= 4 is 17.1 Å². The van der Waals surface area contributed by atoms with E-state index in [1.165, 1.54) is 14.0 Å². The number of nitrogens with one attached hydrogen (secondary N) is 1. The number of oxazole rings is 1. The number of esters is 1. The second-order valence-electron chi connectivity index (χ2n) is 5.67. The highest BCUT2D eigenvalue weighted by molar-refractivity contribution is 5.82. The van der Waals surface area contributed by atoms with Crippen molar-refractivity contribution in [2.24, 2.45) is 0 Å². The van der Waals surface area contributed by atoms with Gasteiger partial charge in [-0.05, 0) is 37.3 Å². The molecule has 1 atom stereocenters. The van der Waals surface area contributed by atoms with E-state index in [0.29, 0.717) is 17.0 Å². The molecule has 1 aromatic heterocycles. The standard InChI is InChI=1S/C18H16F2N2O3/c1-18(17(23)24-2,12-9-11(19)7-8-13(12)20)21-10-16-22-14-5-3-4-6-15(14)25-16/h3-9,21H,10H2,1-2H3. The van der Waals surface area contributed by atoms with Crippen LogP contribution >= 0.6 is 0 Å². The van der Waals surface area contributed by atoms with Gasteiger partial charge in [0.1, 0.15) is 22.7 Å². The number of hydrogen-bond donors (Lipinski definition) is 1. The molecule has 1 unspecified atom stereocenters. The second-order valence-corrected chi connectivity index (χ2v) is 5.67. The highest BCUT2D eigenvalue weighted by Crippen LogP contribution is 2.27. The van der Waals surface area contributed by atoms with Crippen molar-refractivity contribution in [2.45, 2.75) is 19.0 Å². The fourth-order valence-corrected chi connectivity index (χ4v) is 2.61. The van der Waals surface area contributed by atoms with Gasteiger partial charge in [0.25, 0.3) is 0 Å². The van der Waals surface area contributed by atoms with Crippen LogP contribution < -0.4 is 5.32 Å². The second kappa shape index (κ2) is 6.60. The van der Waals surface area contributed by atoms with Gasteiger partial charge in [0.05, 0.1) is 13.7 Å². The minimum Gasteiger partial charge on any atom is -0.467 e. The number of methoxy groups -OCH3 is 1. The lowest BCUT2D eigenvalue weighted by Crippen LogP contribution is -2.47. The van der Waals surface area contributed by atoms with Gasteiger partial charge in [-0.25, -0.2) is 18.6 Å². The van der Waals surface area contributed by atoms with Crippen molar-refractivity contribution in [3.8, 4) is 0 Å². The molecule has 0 aliphatic heterocycles. The average Bonchev–Trinajstić information content (AvgIpc) is 3.04. The molecule has 25 heavy (non-hydrogen) atoms. The van der Waals surface area contributed by atoms with E-state index in [9.17, 15) is 13.6 Å². The van der Waals surface area contributed by atoms with Gasteiger partial charge in [-0.2, -0.15) is 0 Å². The summed E-state index contributed by atoms with van der Waals surface area (Å²) < 4.78 is 38.1. The Kier molecular flexibility index (Phi) is 4.50. The molecule has 0 radical (unpaired) electrons. The molecule has 0 amide bonds. The summed E-state index contributed by atoms with van der Waals surface area (Å²) in [6, 6.07) is 10.1. The van der Waals surface area contributed by atoms with E-state index >= 15 is 0 Å². The lowest BCUT2D eigenvalue weighted by atomic mass is 9.91. The minimum atomic E-state index is -1.61. The highest BCUT2D eigenvalue weighted by Gasteiger charge is 2.39. The summed E-state index contributed by atoms with van der Waals surface area (Å²) in [7, 11) is 1.18. The zero-order chi connectivity index (χ0) is 18.0. The Bertz CT molecular complexity index is 893. The summed E-state index contributed by atoms with van der Waals surface area (Å²) in [6.07, 6.45) is 0. The zero-order valence-corrected chi connectivity index (χ0v) is 13.7. The molecule has 7 heteroatoms. The molecule has 0 bridgehead atoms. The molecule has 0 aliphatic carbocycles. The van der Waals surface area contributed by atoms with E-state index in [1.807, 2.05) is 12.1 Å². The summed E-state index contributed by atoms with van der Waals surface area (Å²) in [4.78, 5) is 16.6. The Labute approximate surface area is 142 Å². The van der Waals surface area contributed by atoms with E-state index < -0.39 is 23.1 Å². The Morgan fingerprint density at radius 2 is 2.04 bits per heavy atom. The van der Waals surface area contributed by atoms with Gasteiger partial charge in [0, 0.05) is 5.56 Å². The van der Waals surface area contributed by atoms with Crippen molar-refractivity contribution in [1.82, 2.24) is 10.3 Å². The maximum Gasteiger partial charge on any atom is 0.330 e. The van der Waals surface area contributed by atoms with E-state index in [4.69, 9.17) is 9.15 Å². The molecule has 130 valence electrons. The number of carbonyl (C=O) groups is 1. The van der Waals surface area contributed by atoms with E-state index in [2.05, 4.69) is 10.3 Å². The number of nitrogens with zero attached hydrogens (tertiary/aromatic N) is 1. The summed E-state index contributed by atoms with van der Waals surface area (Å²) in [6.45, 7) is 1.44. The Hall–Kier alpha value is -2.80. The van der Waals surface area contributed by atoms with Gasteiger partial charge in [0.2, 0.25) is 5.89 Å². The fourth-order valence-electron chi connectivity index (χ4n) is 2.61. The highest BCUT2D eigenvalue weighted by atomic mass is 19.1. The van der Waals surface area contributed by atoms with Crippen LogP contribution in [0.5, 0.6) is 0 Å². The van der Waals surface area contributed by atoms with Crippen LogP contribution in [0.1, 0.15) is 18.4 Å². The van der Waals surface area contributed by atoms with Crippen LogP contribution in [0.25, 0.3) is 11.1 Å². The largest absolute Gasteiger partial charge is 0.467 e. The molecule has 3 rings (SSSR count). The van der Waals surface area contributed by atoms with Crippen LogP contribution in [0, 0.1) is 11.6 Å². The van der Waals surface area contributed by atoms with Crippen molar-refractivity contribution in [3.05, 3.63) is 65.6 Å². The normalized spacial score (nSPS) is 13.6. The summed E-state index contributed by atoms with van der Waals surface area (Å²) in [5, 5.41) is 2.87. The van der Waals surface area contributed by atoms with E-state index in [-0.39, 0.29) is 12.1 Å². The number of ether oxygens (including phenoxy) is 1. The Morgan fingerprint density at radius 3 is 2.76 bits per heavy atom. The van der Waals surface area contributed by atoms with Crippen LogP contribution in [-0.2, 0) is 21.6 Å². The van der Waals surface area contributed by atoms with Gasteiger partial charge in [-0.1, -0.05) is 12.1 Å². The molecule has 3 aromatic rings. The maximum atomic E-state index is 14.2. The first-order valence-corrected chi connectivity index (χ1v) is 7.57. The smallest absolute Gasteiger partial charge is 0.330 e. The van der Waals surface area contributed by atoms with Crippen molar-refractivity contribution in [2.75, 3.05) is 7.11 Å². The van der Waals surface area contributed by atoms with Crippen LogP contribution in [-0.4, -0.2) is 18.1 Å². The number of para-hydroxylation sites is 2. The molecule has 2 aromatic carbocycles. The molecule has 1 heterocycles. The molecule has 1 N–H and O–H groups in total. The number of carbonyl (C=O) groups excluding carboxylic acids is 1. The monoisotopic (exact) mass is 346 g/mol. The van der Waals surface area contributed by atoms with Crippen molar-refractivity contribution in [1.29, 1.82) is 0 Å². The third-order valence-electron chi connectivity index (χ3n) is 3.99. The van der Waals surface area contributed by atoms with Gasteiger partial charge in [-0.3, -0.25) is 5.32 Å². The molecular weight excluding hydrogens is 330 g/mol. The minimum absolute atomic E-state index is 0.0240. The van der Waals surface area contributed by atoms with E-state index in [0.717, 1.165) is 18.2 Å². The Morgan fingerprint density at radius 1 is 1.28 bits per heavy atom. The quantitative estimate of drug-likeness (QED) is 0.718. The first-order chi connectivity index (χ1) is 11.9. The topological polar surface area (TPSA) is 64.4 Å². The molecular formula is C18H16F2N2O3. The number of fused-ring (bicyclic) bond motifs is 1. The van der Waals surface area contributed by atoms with E-state index in [1.54, 1.807) is 12.1 Å². The molecule has 0 fully saturated rings. The predicted molar refractivity (Wildman–Crippen MR) is 86.6 cm³/mol. The van der Waals surface area contributed by atoms with Crippen LogP contribution in [0.15, 0.2) is 46.9 Å². The SMILES string of the molecule is COC(=O)C(C)(NCc1nc2ccccc2o1)c1cc(F)ccc1F. The third kappa shape index (κ3) is 3.23. The van der Waals surface area contributed by atoms with Gasteiger partial charge < -0.3 is 9.15 Å². The molecule has 0 aliphatic rings. The van der Waals surface area contributed by atoms with Gasteiger partial charge in [-0.15, -0.1) is 0 Å². The number of benzene rings is 2. The molecule has 5 nitrogen and oxygen atoms in total. The van der Waals surface area contributed by atoms with Gasteiger partial charge in [0.15, 0.2) is 5.58 Å². The summed E-state index contributed by atoms with van der Waals surface area (Å²) >= 11 is 0. The van der Waals surface area contributed by atoms with Crippen molar-refractivity contribution < 1.29 is 22.7 Å². The molecule has 0 saturated heterocycles. The summed E-state index contributed by atoms with van der Waals surface area (Å²) in [5.74, 6) is -1.82. The first-order valence-electron chi connectivity index (χ1n) is 7.57. The lowest BCUT2D eigenvalue weighted by molar-refractivity contribution is -0.148. The lowest BCUT2D eigenvalue weighted by Gasteiger charge is -2.28. The third-order valence-corrected chi connectivity index (χ3v) is 3.99. The van der Waals surface area contributed by atoms with Crippen LogP contribution in [0.2, 0.25) is 0 Å². The van der Waals surface area contributed by atoms with Crippen molar-refractivity contribution in [3.63, 3.8) is 0 Å². The molecule has 0 saturated carbocycles.